The van der Waals surface area contributed by atoms with E-state index >= 15 is 0 Å². The normalized spacial score (nSPS) is 14.0. The van der Waals surface area contributed by atoms with Gasteiger partial charge in [0, 0.05) is 39.1 Å². The SMILES string of the molecule is Cc1nc2c(cnn2-c2ccccc2)c(=O)n1CCC(=O)N1CCN(C(=O)c2ccco2)CC1. The van der Waals surface area contributed by atoms with Crippen molar-refractivity contribution in [2.24, 2.45) is 0 Å². The third kappa shape index (κ3) is 3.98. The lowest BCUT2D eigenvalue weighted by Gasteiger charge is -2.34. The monoisotopic (exact) mass is 460 g/mol. The molecule has 1 aliphatic rings. The first-order valence-electron chi connectivity index (χ1n) is 11.1. The topological polar surface area (TPSA) is 106 Å². The Morgan fingerprint density at radius 3 is 2.44 bits per heavy atom. The van der Waals surface area contributed by atoms with Crippen molar-refractivity contribution in [3.8, 4) is 5.69 Å². The van der Waals surface area contributed by atoms with Crippen molar-refractivity contribution < 1.29 is 14.0 Å². The van der Waals surface area contributed by atoms with Crippen molar-refractivity contribution in [3.63, 3.8) is 0 Å². The van der Waals surface area contributed by atoms with E-state index in [9.17, 15) is 14.4 Å². The number of nitrogens with zero attached hydrogens (tertiary/aromatic N) is 6. The van der Waals surface area contributed by atoms with Crippen LogP contribution in [0.1, 0.15) is 22.8 Å². The minimum Gasteiger partial charge on any atom is -0.459 e. The molecule has 0 unspecified atom stereocenters. The van der Waals surface area contributed by atoms with E-state index in [4.69, 9.17) is 4.42 Å². The van der Waals surface area contributed by atoms with Crippen LogP contribution >= 0.6 is 0 Å². The second-order valence-corrected chi connectivity index (χ2v) is 8.15. The third-order valence-electron chi connectivity index (χ3n) is 6.08. The zero-order valence-corrected chi connectivity index (χ0v) is 18.8. The zero-order valence-electron chi connectivity index (χ0n) is 18.8. The summed E-state index contributed by atoms with van der Waals surface area (Å²) in [5.74, 6) is 0.594. The lowest BCUT2D eigenvalue weighted by molar-refractivity contribution is -0.132. The Labute approximate surface area is 195 Å². The minimum atomic E-state index is -0.216. The van der Waals surface area contributed by atoms with Gasteiger partial charge in [-0.2, -0.15) is 5.10 Å². The van der Waals surface area contributed by atoms with E-state index < -0.39 is 0 Å². The molecule has 10 heteroatoms. The molecule has 174 valence electrons. The number of piperazine rings is 1. The van der Waals surface area contributed by atoms with Gasteiger partial charge in [-0.15, -0.1) is 0 Å². The standard InChI is InChI=1S/C24H24N6O4/c1-17-26-22-19(16-25-30(22)18-6-3-2-4-7-18)23(32)29(17)10-9-21(31)27-11-13-28(14-12-27)24(33)20-8-5-15-34-20/h2-8,15-16H,9-14H2,1H3. The molecule has 0 N–H and O–H groups in total. The first-order valence-corrected chi connectivity index (χ1v) is 11.1. The molecule has 0 atom stereocenters. The number of hydrogen-bond acceptors (Lipinski definition) is 6. The Balaban J connectivity index is 1.25. The van der Waals surface area contributed by atoms with Gasteiger partial charge in [0.25, 0.3) is 11.5 Å². The Morgan fingerprint density at radius 2 is 1.74 bits per heavy atom. The number of amides is 2. The van der Waals surface area contributed by atoms with Gasteiger partial charge in [0.2, 0.25) is 5.91 Å². The molecule has 0 spiro atoms. The average molecular weight is 460 g/mol. The van der Waals surface area contributed by atoms with Crippen LogP contribution in [-0.4, -0.2) is 67.1 Å². The fourth-order valence-corrected chi connectivity index (χ4v) is 4.21. The number of para-hydroxylation sites is 1. The Kier molecular flexibility index (Phi) is 5.70. The fraction of sp³-hybridized carbons (Fsp3) is 0.292. The maximum atomic E-state index is 13.1. The lowest BCUT2D eigenvalue weighted by Crippen LogP contribution is -2.50. The van der Waals surface area contributed by atoms with Crippen molar-refractivity contribution >= 4 is 22.8 Å². The largest absolute Gasteiger partial charge is 0.459 e. The van der Waals surface area contributed by atoms with Gasteiger partial charge in [-0.3, -0.25) is 19.0 Å². The Morgan fingerprint density at radius 1 is 1.00 bits per heavy atom. The van der Waals surface area contributed by atoms with Crippen LogP contribution in [0.3, 0.4) is 0 Å². The molecule has 4 heterocycles. The predicted octanol–water partition coefficient (Wildman–Crippen LogP) is 1.86. The highest BCUT2D eigenvalue weighted by atomic mass is 16.3. The molecule has 1 aliphatic heterocycles. The molecule has 10 nitrogen and oxygen atoms in total. The van der Waals surface area contributed by atoms with Gasteiger partial charge in [0.15, 0.2) is 11.4 Å². The van der Waals surface area contributed by atoms with Crippen molar-refractivity contribution in [2.45, 2.75) is 19.9 Å². The summed E-state index contributed by atoms with van der Waals surface area (Å²) in [4.78, 5) is 46.3. The van der Waals surface area contributed by atoms with Gasteiger partial charge in [0.05, 0.1) is 18.1 Å². The lowest BCUT2D eigenvalue weighted by atomic mass is 10.2. The number of hydrogen-bond donors (Lipinski definition) is 0. The van der Waals surface area contributed by atoms with Gasteiger partial charge in [-0.25, -0.2) is 9.67 Å². The van der Waals surface area contributed by atoms with Crippen LogP contribution in [0.4, 0.5) is 0 Å². The molecule has 1 saturated heterocycles. The maximum Gasteiger partial charge on any atom is 0.289 e. The van der Waals surface area contributed by atoms with Crippen molar-refractivity contribution in [1.82, 2.24) is 29.1 Å². The Hall–Kier alpha value is -4.21. The molecule has 5 rings (SSSR count). The Bertz CT molecular complexity index is 1380. The zero-order chi connectivity index (χ0) is 23.7. The van der Waals surface area contributed by atoms with Crippen molar-refractivity contribution in [2.75, 3.05) is 26.2 Å². The quantitative estimate of drug-likeness (QED) is 0.450. The summed E-state index contributed by atoms with van der Waals surface area (Å²) >= 11 is 0. The van der Waals surface area contributed by atoms with E-state index in [1.807, 2.05) is 30.3 Å². The minimum absolute atomic E-state index is 0.0588. The summed E-state index contributed by atoms with van der Waals surface area (Å²) in [7, 11) is 0. The molecule has 1 aromatic carbocycles. The van der Waals surface area contributed by atoms with Gasteiger partial charge in [-0.1, -0.05) is 18.2 Å². The van der Waals surface area contributed by atoms with E-state index in [2.05, 4.69) is 10.1 Å². The first-order chi connectivity index (χ1) is 16.5. The summed E-state index contributed by atoms with van der Waals surface area (Å²) in [5.41, 5.74) is 1.10. The van der Waals surface area contributed by atoms with Crippen molar-refractivity contribution in [3.05, 3.63) is 76.9 Å². The van der Waals surface area contributed by atoms with E-state index in [0.29, 0.717) is 48.8 Å². The molecule has 34 heavy (non-hydrogen) atoms. The molecule has 0 saturated carbocycles. The highest BCUT2D eigenvalue weighted by molar-refractivity contribution is 5.91. The molecule has 0 radical (unpaired) electrons. The smallest absolute Gasteiger partial charge is 0.289 e. The summed E-state index contributed by atoms with van der Waals surface area (Å²) < 4.78 is 8.34. The van der Waals surface area contributed by atoms with E-state index in [-0.39, 0.29) is 30.3 Å². The fourth-order valence-electron chi connectivity index (χ4n) is 4.21. The maximum absolute atomic E-state index is 13.1. The van der Waals surface area contributed by atoms with Crippen LogP contribution in [0.15, 0.2) is 64.1 Å². The van der Waals surface area contributed by atoms with E-state index in [1.54, 1.807) is 33.5 Å². The first kappa shape index (κ1) is 21.6. The van der Waals surface area contributed by atoms with Crippen LogP contribution in [0, 0.1) is 6.92 Å². The molecule has 3 aromatic heterocycles. The molecular formula is C24H24N6O4. The average Bonchev–Trinajstić information content (AvgIpc) is 3.54. The second kappa shape index (κ2) is 8.97. The number of carbonyl (C=O) groups excluding carboxylic acids is 2. The molecule has 2 amide bonds. The van der Waals surface area contributed by atoms with Gasteiger partial charge in [0.1, 0.15) is 11.2 Å². The van der Waals surface area contributed by atoms with Gasteiger partial charge >= 0.3 is 0 Å². The number of benzene rings is 1. The van der Waals surface area contributed by atoms with Gasteiger partial charge in [-0.05, 0) is 31.2 Å². The van der Waals surface area contributed by atoms with Crippen LogP contribution in [0.5, 0.6) is 0 Å². The summed E-state index contributed by atoms with van der Waals surface area (Å²) in [6.07, 6.45) is 3.16. The third-order valence-corrected chi connectivity index (χ3v) is 6.08. The molecule has 0 bridgehead atoms. The number of furan rings is 1. The number of aromatic nitrogens is 4. The number of aryl methyl sites for hydroxylation is 1. The molecule has 0 aliphatic carbocycles. The molecular weight excluding hydrogens is 436 g/mol. The van der Waals surface area contributed by atoms with Gasteiger partial charge < -0.3 is 14.2 Å². The predicted molar refractivity (Wildman–Crippen MR) is 124 cm³/mol. The number of fused-ring (bicyclic) bond motifs is 1. The summed E-state index contributed by atoms with van der Waals surface area (Å²) in [6, 6.07) is 12.8. The highest BCUT2D eigenvalue weighted by Crippen LogP contribution is 2.15. The van der Waals surface area contributed by atoms with Crippen LogP contribution < -0.4 is 5.56 Å². The van der Waals surface area contributed by atoms with Crippen molar-refractivity contribution in [1.29, 1.82) is 0 Å². The number of rotatable bonds is 5. The molecule has 1 fully saturated rings. The number of carbonyl (C=O) groups is 2. The van der Waals surface area contributed by atoms with E-state index in [0.717, 1.165) is 5.69 Å². The highest BCUT2D eigenvalue weighted by Gasteiger charge is 2.26. The van der Waals surface area contributed by atoms with Crippen LogP contribution in [0.2, 0.25) is 0 Å². The van der Waals surface area contributed by atoms with Crippen LogP contribution in [-0.2, 0) is 11.3 Å². The van der Waals surface area contributed by atoms with E-state index in [1.165, 1.54) is 17.0 Å². The summed E-state index contributed by atoms with van der Waals surface area (Å²) in [5, 5.41) is 4.75. The summed E-state index contributed by atoms with van der Waals surface area (Å²) in [6.45, 7) is 3.76. The molecule has 4 aromatic rings. The second-order valence-electron chi connectivity index (χ2n) is 8.15. The van der Waals surface area contributed by atoms with Crippen LogP contribution in [0.25, 0.3) is 16.7 Å².